The van der Waals surface area contributed by atoms with Crippen LogP contribution in [-0.2, 0) is 16.1 Å². The Morgan fingerprint density at radius 2 is 1.86 bits per heavy atom. The van der Waals surface area contributed by atoms with E-state index in [4.69, 9.17) is 49.0 Å². The first kappa shape index (κ1) is 31.3. The largest absolute Gasteiger partial charge is 0.493 e. The van der Waals surface area contributed by atoms with E-state index in [-0.39, 0.29) is 24.3 Å². The molecular formula is C31H24BrCl3N2O5S. The Hall–Kier alpha value is -3.08. The van der Waals surface area contributed by atoms with Crippen LogP contribution in [0.15, 0.2) is 80.1 Å². The number of rotatable bonds is 8. The van der Waals surface area contributed by atoms with Crippen LogP contribution in [0, 0.1) is 0 Å². The van der Waals surface area contributed by atoms with E-state index < -0.39 is 12.0 Å². The average Bonchev–Trinajstić information content (AvgIpc) is 3.27. The minimum absolute atomic E-state index is 0.172. The smallest absolute Gasteiger partial charge is 0.338 e. The van der Waals surface area contributed by atoms with E-state index >= 15 is 0 Å². The van der Waals surface area contributed by atoms with Crippen LogP contribution in [0.25, 0.3) is 6.08 Å². The van der Waals surface area contributed by atoms with E-state index in [2.05, 4.69) is 20.9 Å². The van der Waals surface area contributed by atoms with Gasteiger partial charge in [0.2, 0.25) is 0 Å². The van der Waals surface area contributed by atoms with Crippen LogP contribution in [0.1, 0.15) is 36.6 Å². The lowest BCUT2D eigenvalue weighted by atomic mass is 9.96. The Morgan fingerprint density at radius 3 is 2.56 bits per heavy atom. The molecule has 222 valence electrons. The summed E-state index contributed by atoms with van der Waals surface area (Å²) in [7, 11) is 1.54. The summed E-state index contributed by atoms with van der Waals surface area (Å²) in [4.78, 5) is 32.3. The zero-order valence-corrected chi connectivity index (χ0v) is 27.8. The number of carbonyl (C=O) groups is 1. The van der Waals surface area contributed by atoms with Gasteiger partial charge < -0.3 is 14.2 Å². The molecule has 5 rings (SSSR count). The van der Waals surface area contributed by atoms with Crippen LogP contribution in [0.4, 0.5) is 0 Å². The highest BCUT2D eigenvalue weighted by Gasteiger charge is 2.34. The summed E-state index contributed by atoms with van der Waals surface area (Å²) in [6, 6.07) is 15.1. The molecule has 0 bridgehead atoms. The number of fused-ring (bicyclic) bond motifs is 1. The number of hydrogen-bond acceptors (Lipinski definition) is 7. The molecule has 0 N–H and O–H groups in total. The topological polar surface area (TPSA) is 79.1 Å². The van der Waals surface area contributed by atoms with Crippen LogP contribution in [-0.4, -0.2) is 24.3 Å². The Labute approximate surface area is 274 Å². The van der Waals surface area contributed by atoms with Crippen molar-refractivity contribution in [2.45, 2.75) is 26.5 Å². The molecule has 0 saturated heterocycles. The molecule has 43 heavy (non-hydrogen) atoms. The van der Waals surface area contributed by atoms with Gasteiger partial charge in [-0.1, -0.05) is 86.3 Å². The maximum atomic E-state index is 14.1. The lowest BCUT2D eigenvalue weighted by Crippen LogP contribution is -2.40. The van der Waals surface area contributed by atoms with E-state index in [0.29, 0.717) is 52.7 Å². The lowest BCUT2D eigenvalue weighted by molar-refractivity contribution is -0.139. The van der Waals surface area contributed by atoms with Crippen molar-refractivity contribution in [3.8, 4) is 11.5 Å². The molecule has 0 spiro atoms. The molecule has 1 aliphatic heterocycles. The van der Waals surface area contributed by atoms with Crippen molar-refractivity contribution in [2.75, 3.05) is 13.7 Å². The van der Waals surface area contributed by atoms with Crippen molar-refractivity contribution in [1.29, 1.82) is 0 Å². The predicted molar refractivity (Wildman–Crippen MR) is 173 cm³/mol. The number of carbonyl (C=O) groups excluding carboxylic acids is 1. The molecular weight excluding hydrogens is 699 g/mol. The molecule has 3 aromatic carbocycles. The number of ether oxygens (including phenoxy) is 3. The number of aromatic nitrogens is 1. The minimum Gasteiger partial charge on any atom is -0.493 e. The molecule has 12 heteroatoms. The maximum absolute atomic E-state index is 14.1. The molecule has 4 aromatic rings. The van der Waals surface area contributed by atoms with Gasteiger partial charge in [0.1, 0.15) is 12.6 Å². The van der Waals surface area contributed by atoms with Crippen molar-refractivity contribution >= 4 is 74.1 Å². The highest BCUT2D eigenvalue weighted by molar-refractivity contribution is 9.10. The average molecular weight is 723 g/mol. The molecule has 1 aromatic heterocycles. The third-order valence-electron chi connectivity index (χ3n) is 6.64. The zero-order valence-electron chi connectivity index (χ0n) is 23.1. The number of halogens is 4. The third-order valence-corrected chi connectivity index (χ3v) is 9.16. The molecule has 0 aliphatic carbocycles. The van der Waals surface area contributed by atoms with Crippen LogP contribution >= 0.6 is 62.1 Å². The van der Waals surface area contributed by atoms with E-state index in [1.807, 2.05) is 12.1 Å². The fourth-order valence-corrected chi connectivity index (χ4v) is 6.76. The van der Waals surface area contributed by atoms with Crippen LogP contribution in [0.3, 0.4) is 0 Å². The zero-order chi connectivity index (χ0) is 30.8. The molecule has 0 unspecified atom stereocenters. The summed E-state index contributed by atoms with van der Waals surface area (Å²) in [5.74, 6) is 0.328. The highest BCUT2D eigenvalue weighted by Crippen LogP contribution is 2.37. The van der Waals surface area contributed by atoms with Gasteiger partial charge in [-0.2, -0.15) is 0 Å². The number of esters is 1. The fourth-order valence-electron chi connectivity index (χ4n) is 4.71. The standard InChI is InChI=1S/C31H24BrCl3N2O5S/c1-4-41-30(39)26-16(2)36-31-37(27(26)20-7-5-6-8-21(20)33)29(38)25(43-31)13-18-12-19(32)14-24(40-3)28(18)42-15-17-9-10-22(34)23(35)11-17/h5-14,27H,4,15H2,1-3H3/b25-13-/t27-/m1/s1. The number of nitrogens with zero attached hydrogens (tertiary/aromatic N) is 2. The summed E-state index contributed by atoms with van der Waals surface area (Å²) < 4.78 is 19.8. The monoisotopic (exact) mass is 720 g/mol. The minimum atomic E-state index is -0.825. The Morgan fingerprint density at radius 1 is 1.09 bits per heavy atom. The van der Waals surface area contributed by atoms with Gasteiger partial charge in [0, 0.05) is 15.1 Å². The van der Waals surface area contributed by atoms with Crippen molar-refractivity contribution < 1.29 is 19.0 Å². The second-order valence-electron chi connectivity index (χ2n) is 9.39. The van der Waals surface area contributed by atoms with E-state index in [1.54, 1.807) is 62.4 Å². The van der Waals surface area contributed by atoms with Crippen LogP contribution in [0.5, 0.6) is 11.5 Å². The lowest BCUT2D eigenvalue weighted by Gasteiger charge is -2.25. The normalized spacial score (nSPS) is 14.8. The summed E-state index contributed by atoms with van der Waals surface area (Å²) in [6.45, 7) is 3.79. The molecule has 1 aliphatic rings. The number of allylic oxidation sites excluding steroid dienone is 1. The van der Waals surface area contributed by atoms with Crippen molar-refractivity contribution in [3.63, 3.8) is 0 Å². The first-order valence-electron chi connectivity index (χ1n) is 13.0. The van der Waals surface area contributed by atoms with Gasteiger partial charge in [0.25, 0.3) is 5.56 Å². The number of thiazole rings is 1. The first-order valence-corrected chi connectivity index (χ1v) is 15.8. The van der Waals surface area contributed by atoms with Gasteiger partial charge in [0.15, 0.2) is 16.3 Å². The molecule has 0 saturated carbocycles. The highest BCUT2D eigenvalue weighted by atomic mass is 79.9. The van der Waals surface area contributed by atoms with E-state index in [0.717, 1.165) is 10.0 Å². The number of benzene rings is 3. The summed E-state index contributed by atoms with van der Waals surface area (Å²) >= 11 is 23.6. The van der Waals surface area contributed by atoms with Gasteiger partial charge in [-0.05, 0) is 61.4 Å². The third kappa shape index (κ3) is 6.42. The Balaban J connectivity index is 1.67. The molecule has 0 radical (unpaired) electrons. The fraction of sp³-hybridized carbons (Fsp3) is 0.194. The van der Waals surface area contributed by atoms with E-state index in [9.17, 15) is 9.59 Å². The molecule has 1 atom stereocenters. The van der Waals surface area contributed by atoms with Gasteiger partial charge in [0.05, 0.1) is 39.6 Å². The van der Waals surface area contributed by atoms with Crippen LogP contribution in [0.2, 0.25) is 15.1 Å². The molecule has 0 fully saturated rings. The van der Waals surface area contributed by atoms with E-state index in [1.165, 1.54) is 23.0 Å². The van der Waals surface area contributed by atoms with Gasteiger partial charge in [-0.3, -0.25) is 9.36 Å². The van der Waals surface area contributed by atoms with Crippen molar-refractivity contribution in [2.24, 2.45) is 4.99 Å². The first-order chi connectivity index (χ1) is 20.6. The second-order valence-corrected chi connectivity index (χ2v) is 12.5. The molecule has 0 amide bonds. The molecule has 2 heterocycles. The second kappa shape index (κ2) is 13.3. The van der Waals surface area contributed by atoms with Crippen molar-refractivity contribution in [1.82, 2.24) is 4.57 Å². The SMILES string of the molecule is CCOC(=O)C1=C(C)N=c2s/c(=C\c3cc(Br)cc(OC)c3OCc3ccc(Cl)c(Cl)c3)c(=O)n2[C@@H]1c1ccccc1Cl. The summed E-state index contributed by atoms with van der Waals surface area (Å²) in [5, 5.41) is 1.27. The van der Waals surface area contributed by atoms with Gasteiger partial charge in [-0.25, -0.2) is 9.79 Å². The number of methoxy groups -OCH3 is 1. The summed E-state index contributed by atoms with van der Waals surface area (Å²) in [5.41, 5.74) is 2.33. The maximum Gasteiger partial charge on any atom is 0.338 e. The van der Waals surface area contributed by atoms with Gasteiger partial charge >= 0.3 is 5.97 Å². The van der Waals surface area contributed by atoms with Crippen molar-refractivity contribution in [3.05, 3.63) is 122 Å². The number of hydrogen-bond donors (Lipinski definition) is 0. The molecule has 7 nitrogen and oxygen atoms in total. The summed E-state index contributed by atoms with van der Waals surface area (Å²) in [6.07, 6.45) is 1.72. The van der Waals surface area contributed by atoms with Gasteiger partial charge in [-0.15, -0.1) is 0 Å². The quantitative estimate of drug-likeness (QED) is 0.181. The Kier molecular flexibility index (Phi) is 9.68. The van der Waals surface area contributed by atoms with Crippen LogP contribution < -0.4 is 24.4 Å². The predicted octanol–water partition coefficient (Wildman–Crippen LogP) is 7.11. The Bertz CT molecular complexity index is 1950.